The Balaban J connectivity index is 1.83. The van der Waals surface area contributed by atoms with Crippen LogP contribution in [0.3, 0.4) is 0 Å². The van der Waals surface area contributed by atoms with Gasteiger partial charge in [0.15, 0.2) is 6.61 Å². The summed E-state index contributed by atoms with van der Waals surface area (Å²) in [6.07, 6.45) is 0. The largest absolute Gasteiger partial charge is 0.452 e. The van der Waals surface area contributed by atoms with Crippen LogP contribution in [0.25, 0.3) is 0 Å². The molecule has 23 heavy (non-hydrogen) atoms. The average molecular weight is 334 g/mol. The lowest BCUT2D eigenvalue weighted by molar-refractivity contribution is -0.119. The van der Waals surface area contributed by atoms with Crippen LogP contribution in [0.4, 0.5) is 5.69 Å². The Morgan fingerprint density at radius 2 is 1.70 bits per heavy atom. The number of esters is 1. The van der Waals surface area contributed by atoms with E-state index in [2.05, 4.69) is 5.32 Å². The van der Waals surface area contributed by atoms with E-state index in [-0.39, 0.29) is 6.61 Å². The van der Waals surface area contributed by atoms with Crippen molar-refractivity contribution in [3.8, 4) is 0 Å². The van der Waals surface area contributed by atoms with Gasteiger partial charge in [-0.05, 0) is 42.0 Å². The second-order valence-corrected chi connectivity index (χ2v) is 5.20. The Morgan fingerprint density at radius 3 is 2.30 bits per heavy atom. The molecule has 120 valence electrons. The summed E-state index contributed by atoms with van der Waals surface area (Å²) in [4.78, 5) is 23.6. The zero-order valence-corrected chi connectivity index (χ0v) is 13.3. The van der Waals surface area contributed by atoms with Crippen LogP contribution >= 0.6 is 11.6 Å². The van der Waals surface area contributed by atoms with Crippen molar-refractivity contribution in [2.24, 2.45) is 0 Å². The molecule has 0 spiro atoms. The highest BCUT2D eigenvalue weighted by molar-refractivity contribution is 6.30. The highest BCUT2D eigenvalue weighted by atomic mass is 35.5. The summed E-state index contributed by atoms with van der Waals surface area (Å²) in [5.74, 6) is -0.975. The van der Waals surface area contributed by atoms with Gasteiger partial charge < -0.3 is 14.8 Å². The van der Waals surface area contributed by atoms with Gasteiger partial charge in [0, 0.05) is 17.8 Å². The normalized spacial score (nSPS) is 10.2. The third kappa shape index (κ3) is 5.39. The molecule has 0 aliphatic rings. The number of carbonyl (C=O) groups is 2. The summed E-state index contributed by atoms with van der Waals surface area (Å²) in [6.45, 7) is 0.111. The number of halogens is 1. The zero-order valence-electron chi connectivity index (χ0n) is 12.5. The van der Waals surface area contributed by atoms with Gasteiger partial charge in [-0.3, -0.25) is 4.79 Å². The van der Waals surface area contributed by atoms with E-state index in [1.807, 2.05) is 0 Å². The van der Waals surface area contributed by atoms with Gasteiger partial charge in [0.05, 0.1) is 12.2 Å². The van der Waals surface area contributed by atoms with E-state index in [0.717, 1.165) is 5.56 Å². The first-order valence-corrected chi connectivity index (χ1v) is 7.26. The number of nitrogens with one attached hydrogen (secondary N) is 1. The fourth-order valence-electron chi connectivity index (χ4n) is 1.85. The van der Waals surface area contributed by atoms with Gasteiger partial charge in [0.1, 0.15) is 0 Å². The predicted molar refractivity (Wildman–Crippen MR) is 87.5 cm³/mol. The maximum absolute atomic E-state index is 11.9. The standard InChI is InChI=1S/C17H16ClNO4/c1-22-10-12-2-4-13(5-3-12)17(21)23-11-16(20)19-15-8-6-14(18)7-9-15/h2-9H,10-11H2,1H3,(H,19,20). The molecule has 0 heterocycles. The van der Waals surface area contributed by atoms with E-state index in [9.17, 15) is 9.59 Å². The van der Waals surface area contributed by atoms with Gasteiger partial charge in [-0.15, -0.1) is 0 Å². The molecule has 0 aliphatic carbocycles. The molecule has 6 heteroatoms. The van der Waals surface area contributed by atoms with Crippen LogP contribution in [-0.2, 0) is 20.9 Å². The number of carbonyl (C=O) groups excluding carboxylic acids is 2. The second-order valence-electron chi connectivity index (χ2n) is 4.76. The number of methoxy groups -OCH3 is 1. The monoisotopic (exact) mass is 333 g/mol. The van der Waals surface area contributed by atoms with Gasteiger partial charge in [-0.1, -0.05) is 23.7 Å². The number of amides is 1. The van der Waals surface area contributed by atoms with Crippen molar-refractivity contribution in [3.63, 3.8) is 0 Å². The molecule has 0 saturated carbocycles. The Morgan fingerprint density at radius 1 is 1.04 bits per heavy atom. The molecule has 0 aromatic heterocycles. The van der Waals surface area contributed by atoms with Crippen molar-refractivity contribution in [1.82, 2.24) is 0 Å². The molecule has 0 atom stereocenters. The third-order valence-corrected chi connectivity index (χ3v) is 3.21. The Kier molecular flexibility index (Phi) is 6.14. The molecule has 0 radical (unpaired) electrons. The van der Waals surface area contributed by atoms with E-state index in [1.54, 1.807) is 55.6 Å². The van der Waals surface area contributed by atoms with Crippen molar-refractivity contribution in [3.05, 3.63) is 64.7 Å². The van der Waals surface area contributed by atoms with Crippen LogP contribution in [0, 0.1) is 0 Å². The molecular formula is C17H16ClNO4. The average Bonchev–Trinajstić information content (AvgIpc) is 2.56. The first kappa shape index (κ1) is 17.0. The molecule has 0 bridgehead atoms. The summed E-state index contributed by atoms with van der Waals surface area (Å²) in [6, 6.07) is 13.5. The van der Waals surface area contributed by atoms with Gasteiger partial charge in [0.25, 0.3) is 5.91 Å². The van der Waals surface area contributed by atoms with Crippen LogP contribution in [0.15, 0.2) is 48.5 Å². The number of ether oxygens (including phenoxy) is 2. The number of hydrogen-bond acceptors (Lipinski definition) is 4. The van der Waals surface area contributed by atoms with E-state index >= 15 is 0 Å². The highest BCUT2D eigenvalue weighted by Crippen LogP contribution is 2.13. The van der Waals surface area contributed by atoms with Crippen LogP contribution in [0.2, 0.25) is 5.02 Å². The Bertz CT molecular complexity index is 668. The fourth-order valence-corrected chi connectivity index (χ4v) is 1.97. The number of anilines is 1. The highest BCUT2D eigenvalue weighted by Gasteiger charge is 2.10. The maximum Gasteiger partial charge on any atom is 0.338 e. The predicted octanol–water partition coefficient (Wildman–Crippen LogP) is 3.28. The number of rotatable bonds is 6. The summed E-state index contributed by atoms with van der Waals surface area (Å²) in [5.41, 5.74) is 1.91. The van der Waals surface area contributed by atoms with Crippen LogP contribution in [0.5, 0.6) is 0 Å². The minimum absolute atomic E-state index is 0.360. The van der Waals surface area contributed by atoms with Crippen LogP contribution in [-0.4, -0.2) is 25.6 Å². The number of benzene rings is 2. The number of hydrogen-bond donors (Lipinski definition) is 1. The second kappa shape index (κ2) is 8.31. The summed E-state index contributed by atoms with van der Waals surface area (Å²) < 4.78 is 9.97. The van der Waals surface area contributed by atoms with Gasteiger partial charge >= 0.3 is 5.97 Å². The molecular weight excluding hydrogens is 318 g/mol. The molecule has 2 aromatic carbocycles. The smallest absolute Gasteiger partial charge is 0.338 e. The molecule has 0 saturated heterocycles. The molecule has 5 nitrogen and oxygen atoms in total. The summed E-state index contributed by atoms with van der Waals surface area (Å²) >= 11 is 5.76. The Hall–Kier alpha value is -2.37. The van der Waals surface area contributed by atoms with E-state index in [1.165, 1.54) is 0 Å². The summed E-state index contributed by atoms with van der Waals surface area (Å²) in [7, 11) is 1.60. The van der Waals surface area contributed by atoms with Crippen molar-refractivity contribution in [2.75, 3.05) is 19.0 Å². The fraction of sp³-hybridized carbons (Fsp3) is 0.176. The van der Waals surface area contributed by atoms with Crippen molar-refractivity contribution in [2.45, 2.75) is 6.61 Å². The topological polar surface area (TPSA) is 64.6 Å². The van der Waals surface area contributed by atoms with E-state index in [4.69, 9.17) is 21.1 Å². The van der Waals surface area contributed by atoms with Crippen LogP contribution in [0.1, 0.15) is 15.9 Å². The zero-order chi connectivity index (χ0) is 16.7. The molecule has 0 aliphatic heterocycles. The van der Waals surface area contributed by atoms with Gasteiger partial charge in [-0.2, -0.15) is 0 Å². The lowest BCUT2D eigenvalue weighted by Crippen LogP contribution is -2.20. The lowest BCUT2D eigenvalue weighted by Gasteiger charge is -2.07. The molecule has 0 unspecified atom stereocenters. The van der Waals surface area contributed by atoms with E-state index in [0.29, 0.717) is 22.9 Å². The molecule has 1 amide bonds. The van der Waals surface area contributed by atoms with Crippen molar-refractivity contribution < 1.29 is 19.1 Å². The Labute approximate surface area is 139 Å². The lowest BCUT2D eigenvalue weighted by atomic mass is 10.1. The van der Waals surface area contributed by atoms with E-state index < -0.39 is 11.9 Å². The SMILES string of the molecule is COCc1ccc(C(=O)OCC(=O)Nc2ccc(Cl)cc2)cc1. The molecule has 0 fully saturated rings. The minimum Gasteiger partial charge on any atom is -0.452 e. The van der Waals surface area contributed by atoms with Crippen LogP contribution < -0.4 is 5.32 Å². The van der Waals surface area contributed by atoms with Gasteiger partial charge in [-0.25, -0.2) is 4.79 Å². The minimum atomic E-state index is -0.555. The maximum atomic E-state index is 11.9. The molecule has 2 rings (SSSR count). The first-order valence-electron chi connectivity index (χ1n) is 6.89. The first-order chi connectivity index (χ1) is 11.1. The van der Waals surface area contributed by atoms with Crippen molar-refractivity contribution >= 4 is 29.2 Å². The van der Waals surface area contributed by atoms with Crippen molar-refractivity contribution in [1.29, 1.82) is 0 Å². The third-order valence-electron chi connectivity index (χ3n) is 2.96. The summed E-state index contributed by atoms with van der Waals surface area (Å²) in [5, 5.41) is 3.19. The molecule has 2 aromatic rings. The quantitative estimate of drug-likeness (QED) is 0.824. The molecule has 1 N–H and O–H groups in total. The van der Waals surface area contributed by atoms with Gasteiger partial charge in [0.2, 0.25) is 0 Å².